The number of carbonyl (C=O) groups excluding carboxylic acids is 1. The molecule has 0 aliphatic heterocycles. The second kappa shape index (κ2) is 5.63. The fourth-order valence-corrected chi connectivity index (χ4v) is 1.83. The van der Waals surface area contributed by atoms with Gasteiger partial charge < -0.3 is 9.82 Å². The third-order valence-corrected chi connectivity index (χ3v) is 2.83. The Hall–Kier alpha value is -2.87. The van der Waals surface area contributed by atoms with E-state index in [4.69, 9.17) is 16.6 Å². The van der Waals surface area contributed by atoms with E-state index in [-0.39, 0.29) is 5.82 Å². The van der Waals surface area contributed by atoms with Crippen molar-refractivity contribution in [3.8, 4) is 0 Å². The number of H-pyrrole nitrogens is 1. The Balaban J connectivity index is 1.71. The van der Waals surface area contributed by atoms with Gasteiger partial charge in [0, 0.05) is 0 Å². The summed E-state index contributed by atoms with van der Waals surface area (Å²) in [6.45, 7) is 0. The topological polar surface area (TPSA) is 96.0 Å². The van der Waals surface area contributed by atoms with Gasteiger partial charge in [-0.25, -0.2) is 19.7 Å². The fourth-order valence-electron chi connectivity index (χ4n) is 1.65. The van der Waals surface area contributed by atoms with E-state index in [1.807, 2.05) is 6.07 Å². The molecule has 3 aromatic rings. The number of hydrogen-bond acceptors (Lipinski definition) is 6. The molecule has 2 heterocycles. The van der Waals surface area contributed by atoms with Gasteiger partial charge in [-0.05, 0) is 12.1 Å². The summed E-state index contributed by atoms with van der Waals surface area (Å²) in [5.41, 5.74) is 1.45. The minimum atomic E-state index is -0.788. The smallest absolute Gasteiger partial charge is 0.340 e. The predicted molar refractivity (Wildman–Crippen MR) is 76.6 cm³/mol. The van der Waals surface area contributed by atoms with Crippen molar-refractivity contribution >= 4 is 40.5 Å². The third-order valence-electron chi connectivity index (χ3n) is 2.57. The molecule has 2 aromatic heterocycles. The SMILES string of the molecule is O=C(Nc1ncnc2nc[nH]c12)ON(Cl)c1ccccc1. The number of rotatable bonds is 3. The first-order chi connectivity index (χ1) is 10.2. The fraction of sp³-hybridized carbons (Fsp3) is 0. The molecule has 0 atom stereocenters. The molecule has 0 saturated heterocycles. The summed E-state index contributed by atoms with van der Waals surface area (Å²) in [6.07, 6.45) is 1.95. The van der Waals surface area contributed by atoms with Gasteiger partial charge in [-0.2, -0.15) is 0 Å². The molecule has 1 aromatic carbocycles. The van der Waals surface area contributed by atoms with Crippen LogP contribution in [0.4, 0.5) is 16.3 Å². The number of anilines is 2. The first kappa shape index (κ1) is 13.1. The van der Waals surface area contributed by atoms with Crippen LogP contribution < -0.4 is 9.90 Å². The number of nitrogens with one attached hydrogen (secondary N) is 2. The first-order valence-electron chi connectivity index (χ1n) is 5.88. The van der Waals surface area contributed by atoms with Crippen LogP contribution in [0, 0.1) is 0 Å². The number of aromatic nitrogens is 4. The van der Waals surface area contributed by atoms with Gasteiger partial charge in [0.1, 0.15) is 11.8 Å². The zero-order valence-electron chi connectivity index (χ0n) is 10.5. The molecule has 0 aliphatic rings. The molecular formula is C12H9ClN6O2. The maximum atomic E-state index is 11.8. The molecule has 0 spiro atoms. The van der Waals surface area contributed by atoms with Gasteiger partial charge in [0.2, 0.25) is 0 Å². The number of para-hydroxylation sites is 1. The summed E-state index contributed by atoms with van der Waals surface area (Å²) >= 11 is 5.86. The lowest BCUT2D eigenvalue weighted by atomic mass is 10.3. The summed E-state index contributed by atoms with van der Waals surface area (Å²) in [6, 6.07) is 8.75. The van der Waals surface area contributed by atoms with Crippen molar-refractivity contribution in [2.24, 2.45) is 0 Å². The number of benzene rings is 1. The summed E-state index contributed by atoms with van der Waals surface area (Å²) in [7, 11) is 0. The molecule has 3 rings (SSSR count). The van der Waals surface area contributed by atoms with Crippen LogP contribution in [0.1, 0.15) is 0 Å². The van der Waals surface area contributed by atoms with E-state index in [1.165, 1.54) is 12.7 Å². The number of aromatic amines is 1. The Bertz CT molecular complexity index is 763. The second-order valence-electron chi connectivity index (χ2n) is 3.91. The van der Waals surface area contributed by atoms with Crippen molar-refractivity contribution in [1.29, 1.82) is 0 Å². The Labute approximate surface area is 123 Å². The highest BCUT2D eigenvalue weighted by Gasteiger charge is 2.14. The first-order valence-corrected chi connectivity index (χ1v) is 6.22. The molecule has 0 bridgehead atoms. The van der Waals surface area contributed by atoms with Crippen molar-refractivity contribution in [3.05, 3.63) is 43.0 Å². The molecule has 0 radical (unpaired) electrons. The van der Waals surface area contributed by atoms with E-state index in [2.05, 4.69) is 25.3 Å². The molecular weight excluding hydrogens is 296 g/mol. The van der Waals surface area contributed by atoms with Gasteiger partial charge >= 0.3 is 6.09 Å². The maximum absolute atomic E-state index is 11.8. The quantitative estimate of drug-likeness (QED) is 0.570. The lowest BCUT2D eigenvalue weighted by Gasteiger charge is -2.14. The predicted octanol–water partition coefficient (Wildman–Crippen LogP) is 2.48. The summed E-state index contributed by atoms with van der Waals surface area (Å²) in [5.74, 6) is 0.251. The van der Waals surface area contributed by atoms with Crippen LogP contribution in [-0.4, -0.2) is 26.0 Å². The number of amides is 1. The third kappa shape index (κ3) is 2.84. The van der Waals surface area contributed by atoms with Crippen LogP contribution in [-0.2, 0) is 4.84 Å². The summed E-state index contributed by atoms with van der Waals surface area (Å²) < 4.78 is 0.834. The minimum Gasteiger partial charge on any atom is -0.340 e. The highest BCUT2D eigenvalue weighted by molar-refractivity contribution is 6.25. The number of carbonyl (C=O) groups is 1. The van der Waals surface area contributed by atoms with Gasteiger partial charge in [-0.15, -0.1) is 4.58 Å². The molecule has 0 saturated carbocycles. The molecule has 1 amide bonds. The highest BCUT2D eigenvalue weighted by atomic mass is 35.5. The van der Waals surface area contributed by atoms with E-state index in [9.17, 15) is 4.79 Å². The van der Waals surface area contributed by atoms with E-state index in [0.29, 0.717) is 16.9 Å². The van der Waals surface area contributed by atoms with Gasteiger partial charge in [-0.1, -0.05) is 18.2 Å². The monoisotopic (exact) mass is 304 g/mol. The van der Waals surface area contributed by atoms with Crippen LogP contribution in [0.5, 0.6) is 0 Å². The van der Waals surface area contributed by atoms with Crippen LogP contribution in [0.15, 0.2) is 43.0 Å². The Kier molecular flexibility index (Phi) is 3.52. The molecule has 9 heteroatoms. The molecule has 0 fully saturated rings. The molecule has 0 unspecified atom stereocenters. The van der Waals surface area contributed by atoms with Crippen LogP contribution in [0.3, 0.4) is 0 Å². The van der Waals surface area contributed by atoms with Gasteiger partial charge in [0.15, 0.2) is 11.5 Å². The highest BCUT2D eigenvalue weighted by Crippen LogP contribution is 2.18. The Morgan fingerprint density at radius 2 is 2.05 bits per heavy atom. The van der Waals surface area contributed by atoms with E-state index >= 15 is 0 Å². The number of fused-ring (bicyclic) bond motifs is 1. The van der Waals surface area contributed by atoms with Gasteiger partial charge in [0.25, 0.3) is 0 Å². The summed E-state index contributed by atoms with van der Waals surface area (Å²) in [5, 5.41) is 2.46. The maximum Gasteiger partial charge on any atom is 0.438 e. The van der Waals surface area contributed by atoms with E-state index < -0.39 is 6.09 Å². The van der Waals surface area contributed by atoms with Crippen molar-refractivity contribution < 1.29 is 9.63 Å². The zero-order chi connectivity index (χ0) is 14.7. The molecule has 21 heavy (non-hydrogen) atoms. The average Bonchev–Trinajstić information content (AvgIpc) is 2.97. The Morgan fingerprint density at radius 3 is 2.86 bits per heavy atom. The van der Waals surface area contributed by atoms with Crippen molar-refractivity contribution in [2.45, 2.75) is 0 Å². The zero-order valence-corrected chi connectivity index (χ0v) is 11.3. The number of halogens is 1. The van der Waals surface area contributed by atoms with Crippen molar-refractivity contribution in [1.82, 2.24) is 19.9 Å². The second-order valence-corrected chi connectivity index (χ2v) is 4.21. The molecule has 8 nitrogen and oxygen atoms in total. The molecule has 0 aliphatic carbocycles. The van der Waals surface area contributed by atoms with E-state index in [0.717, 1.165) is 4.58 Å². The van der Waals surface area contributed by atoms with Crippen molar-refractivity contribution in [3.63, 3.8) is 0 Å². The standard InChI is InChI=1S/C12H9ClN6O2/c13-19(8-4-2-1-3-5-8)21-12(20)18-11-9-10(15-6-14-9)16-7-17-11/h1-7H,(H2,14,15,16,17,18,20). The molecule has 106 valence electrons. The van der Waals surface area contributed by atoms with Gasteiger partial charge in [0.05, 0.1) is 23.8 Å². The van der Waals surface area contributed by atoms with E-state index in [1.54, 1.807) is 24.3 Å². The van der Waals surface area contributed by atoms with Crippen LogP contribution >= 0.6 is 11.8 Å². The number of imidazole rings is 1. The van der Waals surface area contributed by atoms with Gasteiger partial charge in [-0.3, -0.25) is 5.32 Å². The lowest BCUT2D eigenvalue weighted by Crippen LogP contribution is -2.23. The Morgan fingerprint density at radius 1 is 1.24 bits per heavy atom. The van der Waals surface area contributed by atoms with Crippen molar-refractivity contribution in [2.75, 3.05) is 9.90 Å². The largest absolute Gasteiger partial charge is 0.438 e. The van der Waals surface area contributed by atoms with Crippen LogP contribution in [0.25, 0.3) is 11.2 Å². The average molecular weight is 305 g/mol. The normalized spacial score (nSPS) is 10.3. The number of nitrogens with zero attached hydrogens (tertiary/aromatic N) is 4. The summed E-state index contributed by atoms with van der Waals surface area (Å²) in [4.78, 5) is 31.4. The number of hydrogen-bond donors (Lipinski definition) is 2. The molecule has 2 N–H and O–H groups in total. The lowest BCUT2D eigenvalue weighted by molar-refractivity contribution is 0.169. The van der Waals surface area contributed by atoms with Crippen LogP contribution in [0.2, 0.25) is 0 Å². The minimum absolute atomic E-state index is 0.251.